The van der Waals surface area contributed by atoms with Gasteiger partial charge < -0.3 is 26.9 Å². The number of rotatable bonds is 9. The SMILES string of the molecule is CC(C)C(NC(=O)C(CO)Nc1cccc(C=NN)c1)C(=O)NC1CCCCC1.Cl. The van der Waals surface area contributed by atoms with Gasteiger partial charge in [-0.2, -0.15) is 5.10 Å². The molecule has 0 saturated heterocycles. The first kappa shape index (κ1) is 25.7. The Balaban J connectivity index is 0.00000450. The molecule has 2 unspecified atom stereocenters. The molecule has 2 atom stereocenters. The summed E-state index contributed by atoms with van der Waals surface area (Å²) in [6.45, 7) is 3.38. The molecule has 1 aliphatic carbocycles. The van der Waals surface area contributed by atoms with Crippen LogP contribution in [0.1, 0.15) is 51.5 Å². The molecule has 2 amide bonds. The monoisotopic (exact) mass is 439 g/mol. The predicted octanol–water partition coefficient (Wildman–Crippen LogP) is 1.76. The number of nitrogens with zero attached hydrogens (tertiary/aromatic N) is 1. The van der Waals surface area contributed by atoms with Crippen molar-refractivity contribution in [2.75, 3.05) is 11.9 Å². The van der Waals surface area contributed by atoms with Gasteiger partial charge in [0.15, 0.2) is 0 Å². The molecule has 0 aliphatic heterocycles. The topological polar surface area (TPSA) is 129 Å². The van der Waals surface area contributed by atoms with Crippen molar-refractivity contribution in [3.05, 3.63) is 29.8 Å². The molecule has 30 heavy (non-hydrogen) atoms. The van der Waals surface area contributed by atoms with E-state index in [2.05, 4.69) is 21.1 Å². The Bertz CT molecular complexity index is 708. The number of halogens is 1. The number of aliphatic hydroxyl groups is 1. The van der Waals surface area contributed by atoms with Gasteiger partial charge >= 0.3 is 0 Å². The van der Waals surface area contributed by atoms with Crippen LogP contribution in [-0.4, -0.2) is 47.9 Å². The molecule has 0 spiro atoms. The first-order valence-corrected chi connectivity index (χ1v) is 10.3. The van der Waals surface area contributed by atoms with Crippen LogP contribution in [-0.2, 0) is 9.59 Å². The summed E-state index contributed by atoms with van der Waals surface area (Å²) < 4.78 is 0. The van der Waals surface area contributed by atoms with Gasteiger partial charge in [-0.25, -0.2) is 0 Å². The highest BCUT2D eigenvalue weighted by atomic mass is 35.5. The summed E-state index contributed by atoms with van der Waals surface area (Å²) in [5, 5.41) is 22.1. The summed E-state index contributed by atoms with van der Waals surface area (Å²) in [5.74, 6) is 4.50. The number of hydrogen-bond acceptors (Lipinski definition) is 6. The highest BCUT2D eigenvalue weighted by Crippen LogP contribution is 2.18. The third-order valence-electron chi connectivity index (χ3n) is 5.15. The maximum absolute atomic E-state index is 12.7. The number of aliphatic hydroxyl groups excluding tert-OH is 1. The summed E-state index contributed by atoms with van der Waals surface area (Å²) in [7, 11) is 0. The summed E-state index contributed by atoms with van der Waals surface area (Å²) >= 11 is 0. The molecule has 168 valence electrons. The molecule has 8 nitrogen and oxygen atoms in total. The Morgan fingerprint density at radius 2 is 1.93 bits per heavy atom. The molecule has 1 fully saturated rings. The molecule has 1 aliphatic rings. The standard InChI is InChI=1S/C21H33N5O3.ClH/c1-14(2)19(21(29)25-16-8-4-3-5-9-16)26-20(28)18(13-27)24-17-10-6-7-15(11-17)12-23-22;/h6-7,10-12,14,16,18-19,24,27H,3-5,8-9,13,22H2,1-2H3,(H,25,29)(H,26,28);1H. The van der Waals surface area contributed by atoms with Crippen LogP contribution in [0.25, 0.3) is 0 Å². The highest BCUT2D eigenvalue weighted by molar-refractivity contribution is 5.91. The number of hydrazone groups is 1. The Hall–Kier alpha value is -2.32. The van der Waals surface area contributed by atoms with E-state index in [1.54, 1.807) is 18.2 Å². The van der Waals surface area contributed by atoms with Crippen LogP contribution >= 0.6 is 12.4 Å². The van der Waals surface area contributed by atoms with Crippen molar-refractivity contribution in [1.82, 2.24) is 10.6 Å². The van der Waals surface area contributed by atoms with Crippen LogP contribution in [0.15, 0.2) is 29.4 Å². The second kappa shape index (κ2) is 13.1. The fraction of sp³-hybridized carbons (Fsp3) is 0.571. The van der Waals surface area contributed by atoms with Gasteiger partial charge in [-0.1, -0.05) is 45.2 Å². The molecule has 0 heterocycles. The van der Waals surface area contributed by atoms with Crippen molar-refractivity contribution in [3.8, 4) is 0 Å². The number of nitrogens with one attached hydrogen (secondary N) is 3. The van der Waals surface area contributed by atoms with Gasteiger partial charge in [0.1, 0.15) is 12.1 Å². The van der Waals surface area contributed by atoms with Crippen LogP contribution in [0.4, 0.5) is 5.69 Å². The average molecular weight is 440 g/mol. The third kappa shape index (κ3) is 7.84. The smallest absolute Gasteiger partial charge is 0.245 e. The van der Waals surface area contributed by atoms with Gasteiger partial charge in [-0.05, 0) is 36.5 Å². The zero-order valence-electron chi connectivity index (χ0n) is 17.6. The van der Waals surface area contributed by atoms with Crippen molar-refractivity contribution in [2.45, 2.75) is 64.1 Å². The van der Waals surface area contributed by atoms with E-state index in [0.29, 0.717) is 5.69 Å². The number of amides is 2. The average Bonchev–Trinajstić information content (AvgIpc) is 2.71. The molecule has 0 aromatic heterocycles. The van der Waals surface area contributed by atoms with Crippen LogP contribution in [0.3, 0.4) is 0 Å². The van der Waals surface area contributed by atoms with Gasteiger partial charge in [0.25, 0.3) is 0 Å². The second-order valence-corrected chi connectivity index (χ2v) is 7.86. The van der Waals surface area contributed by atoms with Gasteiger partial charge in [0.2, 0.25) is 11.8 Å². The lowest BCUT2D eigenvalue weighted by atomic mass is 9.94. The summed E-state index contributed by atoms with van der Waals surface area (Å²) in [6, 6.07) is 5.79. The van der Waals surface area contributed by atoms with Gasteiger partial charge in [0.05, 0.1) is 12.8 Å². The number of nitrogens with two attached hydrogens (primary N) is 1. The minimum Gasteiger partial charge on any atom is -0.394 e. The van der Waals surface area contributed by atoms with Gasteiger partial charge in [0, 0.05) is 11.7 Å². The van der Waals surface area contributed by atoms with Gasteiger partial charge in [-0.15, -0.1) is 12.4 Å². The molecule has 9 heteroatoms. The lowest BCUT2D eigenvalue weighted by Gasteiger charge is -2.28. The van der Waals surface area contributed by atoms with Crippen molar-refractivity contribution in [1.29, 1.82) is 0 Å². The number of carbonyl (C=O) groups excluding carboxylic acids is 2. The van der Waals surface area contributed by atoms with Crippen LogP contribution < -0.4 is 21.8 Å². The number of anilines is 1. The van der Waals surface area contributed by atoms with E-state index in [-0.39, 0.29) is 30.3 Å². The molecule has 6 N–H and O–H groups in total. The van der Waals surface area contributed by atoms with Crippen LogP contribution in [0.5, 0.6) is 0 Å². The van der Waals surface area contributed by atoms with E-state index in [0.717, 1.165) is 31.2 Å². The lowest BCUT2D eigenvalue weighted by Crippen LogP contribution is -2.55. The minimum absolute atomic E-state index is 0. The molecule has 0 radical (unpaired) electrons. The molecule has 0 bridgehead atoms. The number of carbonyl (C=O) groups is 2. The quantitative estimate of drug-likeness (QED) is 0.227. The van der Waals surface area contributed by atoms with E-state index in [1.165, 1.54) is 12.6 Å². The lowest BCUT2D eigenvalue weighted by molar-refractivity contribution is -0.131. The summed E-state index contributed by atoms with van der Waals surface area (Å²) in [6.07, 6.45) is 6.90. The number of benzene rings is 1. The largest absolute Gasteiger partial charge is 0.394 e. The molecular weight excluding hydrogens is 406 g/mol. The number of hydrogen-bond donors (Lipinski definition) is 5. The highest BCUT2D eigenvalue weighted by Gasteiger charge is 2.29. The van der Waals surface area contributed by atoms with E-state index >= 15 is 0 Å². The zero-order valence-corrected chi connectivity index (χ0v) is 18.5. The summed E-state index contributed by atoms with van der Waals surface area (Å²) in [5.41, 5.74) is 1.41. The van der Waals surface area contributed by atoms with Crippen molar-refractivity contribution < 1.29 is 14.7 Å². The zero-order chi connectivity index (χ0) is 21.2. The molecule has 1 aromatic carbocycles. The van der Waals surface area contributed by atoms with E-state index < -0.39 is 24.6 Å². The Morgan fingerprint density at radius 3 is 2.53 bits per heavy atom. The molecular formula is C21H34ClN5O3. The van der Waals surface area contributed by atoms with Crippen molar-refractivity contribution in [3.63, 3.8) is 0 Å². The fourth-order valence-electron chi connectivity index (χ4n) is 3.52. The second-order valence-electron chi connectivity index (χ2n) is 7.86. The predicted molar refractivity (Wildman–Crippen MR) is 122 cm³/mol. The molecule has 2 rings (SSSR count). The van der Waals surface area contributed by atoms with E-state index in [4.69, 9.17) is 5.84 Å². The fourth-order valence-corrected chi connectivity index (χ4v) is 3.52. The Labute approximate surface area is 184 Å². The third-order valence-corrected chi connectivity index (χ3v) is 5.15. The normalized spacial score (nSPS) is 16.5. The maximum atomic E-state index is 12.7. The first-order chi connectivity index (χ1) is 13.9. The Kier molecular flexibility index (Phi) is 11.2. The van der Waals surface area contributed by atoms with Crippen LogP contribution in [0, 0.1) is 5.92 Å². The molecule has 1 aromatic rings. The van der Waals surface area contributed by atoms with Crippen molar-refractivity contribution in [2.24, 2.45) is 16.9 Å². The Morgan fingerprint density at radius 1 is 1.23 bits per heavy atom. The maximum Gasteiger partial charge on any atom is 0.245 e. The minimum atomic E-state index is -0.885. The first-order valence-electron chi connectivity index (χ1n) is 10.3. The molecule has 1 saturated carbocycles. The van der Waals surface area contributed by atoms with Crippen LogP contribution in [0.2, 0.25) is 0 Å². The van der Waals surface area contributed by atoms with Crippen molar-refractivity contribution >= 4 is 36.1 Å². The van der Waals surface area contributed by atoms with Gasteiger partial charge in [-0.3, -0.25) is 9.59 Å². The summed E-state index contributed by atoms with van der Waals surface area (Å²) in [4.78, 5) is 25.5. The van der Waals surface area contributed by atoms with E-state index in [1.807, 2.05) is 19.9 Å². The van der Waals surface area contributed by atoms with E-state index in [9.17, 15) is 14.7 Å².